The summed E-state index contributed by atoms with van der Waals surface area (Å²) in [6.07, 6.45) is 1.53. The highest BCUT2D eigenvalue weighted by atomic mass is 32.1. The fourth-order valence-electron chi connectivity index (χ4n) is 1.41. The highest BCUT2D eigenvalue weighted by Crippen LogP contribution is 2.12. The number of benzene rings is 2. The largest absolute Gasteiger partial charge is 0.507 e. The lowest BCUT2D eigenvalue weighted by Gasteiger charge is -2.02. The van der Waals surface area contributed by atoms with Gasteiger partial charge in [-0.2, -0.15) is 5.10 Å². The zero-order chi connectivity index (χ0) is 12.8. The second kappa shape index (κ2) is 5.93. The SMILES string of the molecule is Oc1ccccc1/C=N\NC(=S)c1ccccc1. The van der Waals surface area contributed by atoms with Gasteiger partial charge < -0.3 is 5.11 Å². The van der Waals surface area contributed by atoms with E-state index in [9.17, 15) is 5.11 Å². The number of hydrogen-bond donors (Lipinski definition) is 2. The molecule has 4 heteroatoms. The van der Waals surface area contributed by atoms with Gasteiger partial charge in [-0.15, -0.1) is 0 Å². The van der Waals surface area contributed by atoms with Gasteiger partial charge in [-0.25, -0.2) is 0 Å². The molecule has 0 aliphatic rings. The Morgan fingerprint density at radius 1 is 1.06 bits per heavy atom. The molecule has 0 fully saturated rings. The van der Waals surface area contributed by atoms with E-state index >= 15 is 0 Å². The molecule has 2 N–H and O–H groups in total. The molecule has 0 heterocycles. The van der Waals surface area contributed by atoms with Crippen LogP contribution < -0.4 is 5.43 Å². The number of phenols is 1. The molecule has 0 bridgehead atoms. The Morgan fingerprint density at radius 3 is 2.44 bits per heavy atom. The third-order valence-electron chi connectivity index (χ3n) is 2.34. The van der Waals surface area contributed by atoms with E-state index in [2.05, 4.69) is 10.5 Å². The first-order valence-electron chi connectivity index (χ1n) is 5.44. The zero-order valence-corrected chi connectivity index (χ0v) is 10.4. The van der Waals surface area contributed by atoms with Gasteiger partial charge in [0.05, 0.1) is 6.21 Å². The van der Waals surface area contributed by atoms with Crippen molar-refractivity contribution >= 4 is 23.4 Å². The summed E-state index contributed by atoms with van der Waals surface area (Å²) in [5.41, 5.74) is 4.31. The normalized spacial score (nSPS) is 10.4. The molecule has 0 saturated carbocycles. The lowest BCUT2D eigenvalue weighted by atomic mass is 10.2. The number of thiocarbonyl (C=S) groups is 1. The number of hydrogen-bond acceptors (Lipinski definition) is 3. The molecule has 0 amide bonds. The molecule has 2 rings (SSSR count). The molecule has 0 radical (unpaired) electrons. The highest BCUT2D eigenvalue weighted by Gasteiger charge is 1.98. The molecule has 0 aliphatic heterocycles. The molecule has 0 atom stereocenters. The summed E-state index contributed by atoms with van der Waals surface area (Å²) in [6.45, 7) is 0. The lowest BCUT2D eigenvalue weighted by molar-refractivity contribution is 0.474. The van der Waals surface area contributed by atoms with Crippen LogP contribution in [0.5, 0.6) is 5.75 Å². The lowest BCUT2D eigenvalue weighted by Crippen LogP contribution is -2.16. The smallest absolute Gasteiger partial charge is 0.126 e. The van der Waals surface area contributed by atoms with E-state index in [1.807, 2.05) is 36.4 Å². The first kappa shape index (κ1) is 12.3. The molecule has 0 aromatic heterocycles. The molecule has 2 aromatic rings. The van der Waals surface area contributed by atoms with Crippen LogP contribution in [0.2, 0.25) is 0 Å². The van der Waals surface area contributed by atoms with Gasteiger partial charge in [0.15, 0.2) is 0 Å². The summed E-state index contributed by atoms with van der Waals surface area (Å²) in [4.78, 5) is 0.544. The van der Waals surface area contributed by atoms with Crippen molar-refractivity contribution in [2.45, 2.75) is 0 Å². The van der Waals surface area contributed by atoms with Crippen molar-refractivity contribution in [3.63, 3.8) is 0 Å². The Kier molecular flexibility index (Phi) is 4.04. The van der Waals surface area contributed by atoms with Gasteiger partial charge >= 0.3 is 0 Å². The van der Waals surface area contributed by atoms with Crippen LogP contribution in [0.1, 0.15) is 11.1 Å². The standard InChI is InChI=1S/C14H12N2OS/c17-13-9-5-4-8-12(13)10-15-16-14(18)11-6-2-1-3-7-11/h1-10,17H,(H,16,18)/b15-10-. The van der Waals surface area contributed by atoms with Gasteiger partial charge in [0.25, 0.3) is 0 Å². The molecular weight excluding hydrogens is 244 g/mol. The molecule has 90 valence electrons. The fraction of sp³-hybridized carbons (Fsp3) is 0. The minimum Gasteiger partial charge on any atom is -0.507 e. The van der Waals surface area contributed by atoms with Crippen LogP contribution in [0.4, 0.5) is 0 Å². The highest BCUT2D eigenvalue weighted by molar-refractivity contribution is 7.80. The van der Waals surface area contributed by atoms with Crippen LogP contribution >= 0.6 is 12.2 Å². The van der Waals surface area contributed by atoms with E-state index in [0.29, 0.717) is 10.6 Å². The predicted molar refractivity (Wildman–Crippen MR) is 77.0 cm³/mol. The Morgan fingerprint density at radius 2 is 1.72 bits per heavy atom. The van der Waals surface area contributed by atoms with Gasteiger partial charge in [-0.1, -0.05) is 54.7 Å². The van der Waals surface area contributed by atoms with Crippen molar-refractivity contribution in [3.8, 4) is 5.75 Å². The summed E-state index contributed by atoms with van der Waals surface area (Å²) >= 11 is 5.18. The summed E-state index contributed by atoms with van der Waals surface area (Å²) in [5, 5.41) is 13.5. The minimum atomic E-state index is 0.189. The van der Waals surface area contributed by atoms with E-state index < -0.39 is 0 Å². The van der Waals surface area contributed by atoms with Gasteiger partial charge in [-0.05, 0) is 12.1 Å². The van der Waals surface area contributed by atoms with Crippen LogP contribution in [-0.2, 0) is 0 Å². The van der Waals surface area contributed by atoms with Gasteiger partial charge in [0.2, 0.25) is 0 Å². The first-order chi connectivity index (χ1) is 8.77. The topological polar surface area (TPSA) is 44.6 Å². The summed E-state index contributed by atoms with van der Waals surface area (Å²) in [7, 11) is 0. The third-order valence-corrected chi connectivity index (χ3v) is 2.67. The van der Waals surface area contributed by atoms with Crippen LogP contribution in [-0.4, -0.2) is 16.3 Å². The Hall–Kier alpha value is -2.20. The van der Waals surface area contributed by atoms with Gasteiger partial charge in [0, 0.05) is 11.1 Å². The Labute approximate surface area is 111 Å². The van der Waals surface area contributed by atoms with Crippen LogP contribution in [0.25, 0.3) is 0 Å². The van der Waals surface area contributed by atoms with Crippen molar-refractivity contribution in [1.29, 1.82) is 0 Å². The monoisotopic (exact) mass is 256 g/mol. The van der Waals surface area contributed by atoms with Gasteiger partial charge in [0.1, 0.15) is 10.7 Å². The maximum Gasteiger partial charge on any atom is 0.126 e. The maximum absolute atomic E-state index is 9.54. The third kappa shape index (κ3) is 3.15. The van der Waals surface area contributed by atoms with E-state index in [1.165, 1.54) is 6.21 Å². The van der Waals surface area contributed by atoms with Gasteiger partial charge in [-0.3, -0.25) is 5.43 Å². The fourth-order valence-corrected chi connectivity index (χ4v) is 1.60. The average Bonchev–Trinajstić information content (AvgIpc) is 2.42. The number of nitrogens with one attached hydrogen (secondary N) is 1. The second-order valence-electron chi connectivity index (χ2n) is 3.62. The van der Waals surface area contributed by atoms with Crippen molar-refractivity contribution in [3.05, 3.63) is 65.7 Å². The zero-order valence-electron chi connectivity index (χ0n) is 9.58. The van der Waals surface area contributed by atoms with Crippen molar-refractivity contribution in [2.75, 3.05) is 0 Å². The average molecular weight is 256 g/mol. The number of para-hydroxylation sites is 1. The molecule has 0 spiro atoms. The number of nitrogens with zero attached hydrogens (tertiary/aromatic N) is 1. The summed E-state index contributed by atoms with van der Waals surface area (Å²) in [5.74, 6) is 0.189. The molecular formula is C14H12N2OS. The Bertz CT molecular complexity index is 567. The molecule has 0 unspecified atom stereocenters. The molecule has 0 aliphatic carbocycles. The number of phenolic OH excluding ortho intramolecular Hbond substituents is 1. The van der Waals surface area contributed by atoms with Crippen LogP contribution in [0.3, 0.4) is 0 Å². The number of rotatable bonds is 3. The van der Waals surface area contributed by atoms with Crippen molar-refractivity contribution in [1.82, 2.24) is 5.43 Å². The maximum atomic E-state index is 9.54. The second-order valence-corrected chi connectivity index (χ2v) is 4.03. The summed E-state index contributed by atoms with van der Waals surface area (Å²) < 4.78 is 0. The molecule has 0 saturated heterocycles. The van der Waals surface area contributed by atoms with E-state index in [-0.39, 0.29) is 5.75 Å². The van der Waals surface area contributed by atoms with Crippen LogP contribution in [0, 0.1) is 0 Å². The number of aromatic hydroxyl groups is 1. The molecule has 3 nitrogen and oxygen atoms in total. The Balaban J connectivity index is 2.00. The van der Waals surface area contributed by atoms with Crippen molar-refractivity contribution < 1.29 is 5.11 Å². The van der Waals surface area contributed by atoms with Crippen molar-refractivity contribution in [2.24, 2.45) is 5.10 Å². The van der Waals surface area contributed by atoms with E-state index in [1.54, 1.807) is 18.2 Å². The molecule has 2 aromatic carbocycles. The number of hydrazone groups is 1. The predicted octanol–water partition coefficient (Wildman–Crippen LogP) is 2.69. The molecule has 18 heavy (non-hydrogen) atoms. The minimum absolute atomic E-state index is 0.189. The quantitative estimate of drug-likeness (QED) is 0.504. The van der Waals surface area contributed by atoms with E-state index in [4.69, 9.17) is 12.2 Å². The summed E-state index contributed by atoms with van der Waals surface area (Å²) in [6, 6.07) is 16.5. The first-order valence-corrected chi connectivity index (χ1v) is 5.84. The van der Waals surface area contributed by atoms with E-state index in [0.717, 1.165) is 5.56 Å². The van der Waals surface area contributed by atoms with Crippen LogP contribution in [0.15, 0.2) is 59.7 Å².